The van der Waals surface area contributed by atoms with E-state index in [0.717, 1.165) is 11.1 Å². The average molecular weight is 533 g/mol. The lowest BCUT2D eigenvalue weighted by Gasteiger charge is -2.36. The Morgan fingerprint density at radius 3 is 2.49 bits per heavy atom. The summed E-state index contributed by atoms with van der Waals surface area (Å²) in [6.07, 6.45) is -2.51. The quantitative estimate of drug-likeness (QED) is 0.376. The van der Waals surface area contributed by atoms with Gasteiger partial charge in [0.05, 0.1) is 12.0 Å². The fourth-order valence-corrected chi connectivity index (χ4v) is 4.25. The van der Waals surface area contributed by atoms with Crippen LogP contribution in [0.25, 0.3) is 5.57 Å². The zero-order valence-electron chi connectivity index (χ0n) is 19.8. The monoisotopic (exact) mass is 532 g/mol. The first kappa shape index (κ1) is 26.9. The number of piperidine rings is 1. The first-order valence-electron chi connectivity index (χ1n) is 11.8. The molecule has 0 spiro atoms. The molecule has 2 aromatic carbocycles. The molecule has 9 heteroatoms. The molecule has 0 saturated carbocycles. The molecule has 0 aliphatic carbocycles. The Balaban J connectivity index is 1.28. The third-order valence-electron chi connectivity index (χ3n) is 6.21. The van der Waals surface area contributed by atoms with Crippen molar-refractivity contribution < 1.29 is 27.4 Å². The maximum Gasteiger partial charge on any atom is 0.394 e. The van der Waals surface area contributed by atoms with Crippen LogP contribution in [0, 0.1) is 17.8 Å². The summed E-state index contributed by atoms with van der Waals surface area (Å²) >= 11 is 5.93. The highest BCUT2D eigenvalue weighted by Gasteiger charge is 2.46. The lowest BCUT2D eigenvalue weighted by atomic mass is 9.93. The minimum Gasteiger partial charge on any atom is -0.492 e. The Labute approximate surface area is 217 Å². The van der Waals surface area contributed by atoms with E-state index in [1.165, 1.54) is 0 Å². The lowest BCUT2D eigenvalue weighted by Crippen LogP contribution is -2.49. The molecule has 2 heterocycles. The van der Waals surface area contributed by atoms with Crippen LogP contribution in [0.1, 0.15) is 24.0 Å². The predicted molar refractivity (Wildman–Crippen MR) is 136 cm³/mol. The number of allylic oxidation sites excluding steroid dienone is 4. The largest absolute Gasteiger partial charge is 0.492 e. The fraction of sp³-hybridized carbons (Fsp3) is 0.321. The summed E-state index contributed by atoms with van der Waals surface area (Å²) in [5, 5.41) is 10.4. The van der Waals surface area contributed by atoms with E-state index in [9.17, 15) is 22.7 Å². The van der Waals surface area contributed by atoms with Crippen LogP contribution in [0.2, 0.25) is 5.02 Å². The first-order chi connectivity index (χ1) is 17.7. The number of aliphatic hydroxyl groups is 1. The molecule has 0 aromatic heterocycles. The molecule has 1 unspecified atom stereocenters. The number of likely N-dealkylation sites (tertiary alicyclic amines) is 1. The van der Waals surface area contributed by atoms with Gasteiger partial charge in [0.2, 0.25) is 0 Å². The number of ether oxygens (including phenoxy) is 1. The van der Waals surface area contributed by atoms with Crippen molar-refractivity contribution >= 4 is 23.4 Å². The Kier molecular flexibility index (Phi) is 8.70. The second kappa shape index (κ2) is 12.0. The Bertz CT molecular complexity index is 1240. The van der Waals surface area contributed by atoms with E-state index in [1.54, 1.807) is 53.6 Å². The third-order valence-corrected chi connectivity index (χ3v) is 6.46. The minimum absolute atomic E-state index is 0.0341. The van der Waals surface area contributed by atoms with Gasteiger partial charge in [-0.05, 0) is 66.4 Å². The van der Waals surface area contributed by atoms with E-state index in [2.05, 4.69) is 16.8 Å². The van der Waals surface area contributed by atoms with Gasteiger partial charge >= 0.3 is 6.18 Å². The van der Waals surface area contributed by atoms with E-state index >= 15 is 0 Å². The summed E-state index contributed by atoms with van der Waals surface area (Å²) in [7, 11) is 0. The second-order valence-electron chi connectivity index (χ2n) is 8.81. The van der Waals surface area contributed by atoms with E-state index in [4.69, 9.17) is 16.3 Å². The first-order valence-corrected chi connectivity index (χ1v) is 12.2. The molecule has 2 aliphatic heterocycles. The van der Waals surface area contributed by atoms with Crippen LogP contribution in [-0.4, -0.2) is 54.7 Å². The highest BCUT2D eigenvalue weighted by Crippen LogP contribution is 2.34. The van der Waals surface area contributed by atoms with Gasteiger partial charge in [0.25, 0.3) is 0 Å². The molecule has 2 aliphatic rings. The predicted octanol–water partition coefficient (Wildman–Crippen LogP) is 6.05. The molecular weight excluding hydrogens is 508 g/mol. The van der Waals surface area contributed by atoms with Gasteiger partial charge < -0.3 is 9.84 Å². The number of aliphatic imine (C=N–C) groups is 1. The lowest BCUT2D eigenvalue weighted by molar-refractivity contribution is -0.212. The Morgan fingerprint density at radius 2 is 1.81 bits per heavy atom. The summed E-state index contributed by atoms with van der Waals surface area (Å²) < 4.78 is 58.8. The Hall–Kier alpha value is -3.12. The van der Waals surface area contributed by atoms with Gasteiger partial charge in [-0.3, -0.25) is 4.90 Å². The molecule has 0 bridgehead atoms. The maximum absolute atomic E-state index is 14.5. The van der Waals surface area contributed by atoms with E-state index < -0.39 is 24.0 Å². The van der Waals surface area contributed by atoms with Crippen LogP contribution in [0.5, 0.6) is 5.75 Å². The zero-order valence-corrected chi connectivity index (χ0v) is 20.6. The highest BCUT2D eigenvalue weighted by atomic mass is 35.5. The van der Waals surface area contributed by atoms with Gasteiger partial charge in [-0.25, -0.2) is 9.38 Å². The van der Waals surface area contributed by atoms with Crippen molar-refractivity contribution in [2.75, 3.05) is 26.2 Å². The molecular formula is C28H25ClF4N2O2. The molecule has 1 N–H and O–H groups in total. The van der Waals surface area contributed by atoms with Gasteiger partial charge in [0.1, 0.15) is 23.9 Å². The molecule has 0 amide bonds. The molecule has 4 rings (SSSR count). The number of hydrogen-bond acceptors (Lipinski definition) is 4. The number of benzene rings is 2. The number of rotatable bonds is 5. The summed E-state index contributed by atoms with van der Waals surface area (Å²) in [6.45, 7) is 0.892. The van der Waals surface area contributed by atoms with Gasteiger partial charge in [0.15, 0.2) is 0 Å². The number of aliphatic hydroxyl groups excluding tert-OH is 1. The maximum atomic E-state index is 14.5. The fourth-order valence-electron chi connectivity index (χ4n) is 4.13. The van der Waals surface area contributed by atoms with Gasteiger partial charge in [0, 0.05) is 36.3 Å². The second-order valence-corrected chi connectivity index (χ2v) is 9.25. The summed E-state index contributed by atoms with van der Waals surface area (Å²) in [6, 6.07) is 14.1. The van der Waals surface area contributed by atoms with Crippen LogP contribution in [0.3, 0.4) is 0 Å². The van der Waals surface area contributed by atoms with Crippen molar-refractivity contribution in [2.24, 2.45) is 10.9 Å². The minimum atomic E-state index is -4.38. The number of halogens is 5. The van der Waals surface area contributed by atoms with Crippen LogP contribution < -0.4 is 4.74 Å². The topological polar surface area (TPSA) is 45.1 Å². The molecule has 4 nitrogen and oxygen atoms in total. The number of β-amino-alcohol motifs (C(OH)–C–C–N with tert-alkyl or cyclic N) is 1. The van der Waals surface area contributed by atoms with E-state index in [-0.39, 0.29) is 38.2 Å². The summed E-state index contributed by atoms with van der Waals surface area (Å²) in [5.74, 6) is 4.17. The van der Waals surface area contributed by atoms with Crippen LogP contribution in [-0.2, 0) is 0 Å². The third kappa shape index (κ3) is 7.45. The summed E-state index contributed by atoms with van der Waals surface area (Å²) in [4.78, 5) is 5.98. The molecule has 2 aromatic rings. The highest BCUT2D eigenvalue weighted by molar-refractivity contribution is 6.30. The smallest absolute Gasteiger partial charge is 0.394 e. The molecule has 1 fully saturated rings. The molecule has 0 radical (unpaired) electrons. The van der Waals surface area contributed by atoms with E-state index in [1.807, 2.05) is 12.1 Å². The Morgan fingerprint density at radius 1 is 1.08 bits per heavy atom. The zero-order chi connectivity index (χ0) is 26.4. The molecule has 2 atom stereocenters. The number of hydrogen-bond donors (Lipinski definition) is 1. The molecule has 37 heavy (non-hydrogen) atoms. The van der Waals surface area contributed by atoms with Crippen LogP contribution in [0.15, 0.2) is 71.1 Å². The normalized spacial score (nSPS) is 20.6. The van der Waals surface area contributed by atoms with Gasteiger partial charge in [-0.1, -0.05) is 35.7 Å². The average Bonchev–Trinajstić information content (AvgIpc) is 3.04. The van der Waals surface area contributed by atoms with Crippen LogP contribution >= 0.6 is 11.6 Å². The van der Waals surface area contributed by atoms with E-state index in [0.29, 0.717) is 22.9 Å². The van der Waals surface area contributed by atoms with Crippen molar-refractivity contribution in [1.29, 1.82) is 0 Å². The number of nitrogens with zero attached hydrogens (tertiary/aromatic N) is 2. The SMILES string of the molecule is O[C@@H]1CN(CCOc2ccc(C#CC3=C(F)CC=C(c4ccc(Cl)cc4)C=N3)cc2)CCC1C(F)(F)F. The van der Waals surface area contributed by atoms with Crippen molar-refractivity contribution in [1.82, 2.24) is 4.90 Å². The number of alkyl halides is 3. The van der Waals surface area contributed by atoms with Crippen LogP contribution in [0.4, 0.5) is 17.6 Å². The van der Waals surface area contributed by atoms with Crippen molar-refractivity contribution in [3.63, 3.8) is 0 Å². The van der Waals surface area contributed by atoms with Gasteiger partial charge in [-0.2, -0.15) is 13.2 Å². The van der Waals surface area contributed by atoms with Crippen molar-refractivity contribution in [3.05, 3.63) is 82.3 Å². The standard InChI is InChI=1S/C28H25ClF4N2O2/c29-22-7-4-20(5-8-22)21-6-11-25(30)26(34-17-21)12-3-19-1-9-23(10-2-19)37-16-15-35-14-13-24(27(36)18-35)28(31,32)33/h1-2,4-10,17,24,27,36H,11,13-16,18H2/t24?,27-/m1/s1. The molecule has 1 saturated heterocycles. The molecule has 194 valence electrons. The van der Waals surface area contributed by atoms with Crippen molar-refractivity contribution in [2.45, 2.75) is 25.1 Å². The summed E-state index contributed by atoms with van der Waals surface area (Å²) in [5.41, 5.74) is 2.38. The van der Waals surface area contributed by atoms with Crippen molar-refractivity contribution in [3.8, 4) is 17.6 Å². The van der Waals surface area contributed by atoms with Gasteiger partial charge in [-0.15, -0.1) is 0 Å².